The van der Waals surface area contributed by atoms with Gasteiger partial charge in [-0.15, -0.1) is 0 Å². The second-order valence-corrected chi connectivity index (χ2v) is 3.33. The first-order chi connectivity index (χ1) is 7.81. The van der Waals surface area contributed by atoms with Gasteiger partial charge >= 0.3 is 6.18 Å². The minimum atomic E-state index is -4.87. The third-order valence-corrected chi connectivity index (χ3v) is 2.12. The Bertz CT molecular complexity index is 532. The van der Waals surface area contributed by atoms with E-state index in [9.17, 15) is 22.8 Å². The fourth-order valence-corrected chi connectivity index (χ4v) is 1.48. The molecule has 0 aliphatic carbocycles. The number of nitriles is 1. The molecule has 0 amide bonds. The zero-order valence-electron chi connectivity index (χ0n) is 8.01. The molecule has 1 aromatic rings. The number of aldehydes is 1. The van der Waals surface area contributed by atoms with Gasteiger partial charge in [0.05, 0.1) is 22.8 Å². The standard InChI is InChI=1S/C10H3ClF3NO2/c11-9(17)8-6(4-16)1-5(3-15)2-7(8)10(12,13)14/h1-2,4H. The van der Waals surface area contributed by atoms with Gasteiger partial charge in [-0.3, -0.25) is 9.59 Å². The minimum absolute atomic E-state index is 0.0473. The van der Waals surface area contributed by atoms with Crippen LogP contribution in [0.25, 0.3) is 0 Å². The fraction of sp³-hybridized carbons (Fsp3) is 0.100. The van der Waals surface area contributed by atoms with Gasteiger partial charge in [-0.2, -0.15) is 18.4 Å². The first kappa shape index (κ1) is 13.2. The molecule has 0 atom stereocenters. The average molecular weight is 262 g/mol. The summed E-state index contributed by atoms with van der Waals surface area (Å²) in [6.45, 7) is 0. The number of alkyl halides is 3. The van der Waals surface area contributed by atoms with Crippen LogP contribution in [0.15, 0.2) is 12.1 Å². The summed E-state index contributed by atoms with van der Waals surface area (Å²) < 4.78 is 37.8. The van der Waals surface area contributed by atoms with E-state index < -0.39 is 28.1 Å². The molecule has 1 rings (SSSR count). The molecule has 0 saturated carbocycles. The number of hydrogen-bond acceptors (Lipinski definition) is 3. The van der Waals surface area contributed by atoms with E-state index >= 15 is 0 Å². The van der Waals surface area contributed by atoms with Crippen LogP contribution in [0.4, 0.5) is 13.2 Å². The van der Waals surface area contributed by atoms with Gasteiger partial charge < -0.3 is 0 Å². The Kier molecular flexibility index (Phi) is 3.53. The Morgan fingerprint density at radius 2 is 2.00 bits per heavy atom. The second kappa shape index (κ2) is 4.55. The van der Waals surface area contributed by atoms with E-state index in [0.29, 0.717) is 6.07 Å². The molecule has 0 aliphatic heterocycles. The molecule has 3 nitrogen and oxygen atoms in total. The lowest BCUT2D eigenvalue weighted by Crippen LogP contribution is -2.14. The molecule has 0 heterocycles. The number of carbonyl (C=O) groups excluding carboxylic acids is 2. The van der Waals surface area contributed by atoms with Gasteiger partial charge in [0.1, 0.15) is 0 Å². The van der Waals surface area contributed by atoms with Crippen LogP contribution in [0.5, 0.6) is 0 Å². The highest BCUT2D eigenvalue weighted by Crippen LogP contribution is 2.34. The lowest BCUT2D eigenvalue weighted by molar-refractivity contribution is -0.137. The smallest absolute Gasteiger partial charge is 0.298 e. The molecular weight excluding hydrogens is 259 g/mol. The number of halogens is 4. The number of rotatable bonds is 2. The largest absolute Gasteiger partial charge is 0.417 e. The highest BCUT2D eigenvalue weighted by Gasteiger charge is 2.36. The molecule has 0 bridgehead atoms. The summed E-state index contributed by atoms with van der Waals surface area (Å²) in [6.07, 6.45) is -4.82. The van der Waals surface area contributed by atoms with Gasteiger partial charge in [0.25, 0.3) is 5.24 Å². The molecule has 7 heteroatoms. The van der Waals surface area contributed by atoms with Crippen LogP contribution in [0.2, 0.25) is 0 Å². The first-order valence-electron chi connectivity index (χ1n) is 4.11. The lowest BCUT2D eigenvalue weighted by atomic mass is 9.99. The highest BCUT2D eigenvalue weighted by molar-refractivity contribution is 6.68. The van der Waals surface area contributed by atoms with Crippen LogP contribution in [0.1, 0.15) is 31.8 Å². The molecule has 17 heavy (non-hydrogen) atoms. The molecule has 0 aromatic heterocycles. The minimum Gasteiger partial charge on any atom is -0.298 e. The van der Waals surface area contributed by atoms with E-state index in [0.717, 1.165) is 6.07 Å². The summed E-state index contributed by atoms with van der Waals surface area (Å²) in [4.78, 5) is 21.5. The molecule has 0 unspecified atom stereocenters. The van der Waals surface area contributed by atoms with Crippen LogP contribution in [-0.2, 0) is 6.18 Å². The van der Waals surface area contributed by atoms with Crippen LogP contribution in [0, 0.1) is 11.3 Å². The van der Waals surface area contributed by atoms with E-state index in [-0.39, 0.29) is 11.8 Å². The van der Waals surface area contributed by atoms with Crippen molar-refractivity contribution in [1.82, 2.24) is 0 Å². The Hall–Kier alpha value is -1.87. The van der Waals surface area contributed by atoms with Crippen molar-refractivity contribution < 1.29 is 22.8 Å². The lowest BCUT2D eigenvalue weighted by Gasteiger charge is -2.12. The Morgan fingerprint density at radius 3 is 2.35 bits per heavy atom. The van der Waals surface area contributed by atoms with Crippen LogP contribution in [-0.4, -0.2) is 11.5 Å². The van der Waals surface area contributed by atoms with E-state index in [1.54, 1.807) is 0 Å². The van der Waals surface area contributed by atoms with Crippen molar-refractivity contribution >= 4 is 23.1 Å². The molecule has 0 fully saturated rings. The second-order valence-electron chi connectivity index (χ2n) is 2.99. The molecular formula is C10H3ClF3NO2. The molecule has 0 radical (unpaired) electrons. The van der Waals surface area contributed by atoms with E-state index in [1.807, 2.05) is 0 Å². The maximum atomic E-state index is 12.6. The quantitative estimate of drug-likeness (QED) is 0.607. The predicted molar refractivity (Wildman–Crippen MR) is 51.7 cm³/mol. The summed E-state index contributed by atoms with van der Waals surface area (Å²) in [5, 5.41) is 7.13. The van der Waals surface area contributed by atoms with Gasteiger partial charge in [-0.1, -0.05) is 0 Å². The van der Waals surface area contributed by atoms with Crippen LogP contribution < -0.4 is 0 Å². The first-order valence-corrected chi connectivity index (χ1v) is 4.49. The van der Waals surface area contributed by atoms with Gasteiger partial charge in [-0.25, -0.2) is 0 Å². The van der Waals surface area contributed by atoms with Gasteiger partial charge in [0, 0.05) is 5.56 Å². The van der Waals surface area contributed by atoms with Crippen LogP contribution in [0.3, 0.4) is 0 Å². The third kappa shape index (κ3) is 2.63. The number of benzene rings is 1. The van der Waals surface area contributed by atoms with E-state index in [2.05, 4.69) is 0 Å². The molecule has 0 saturated heterocycles. The van der Waals surface area contributed by atoms with Gasteiger partial charge in [-0.05, 0) is 23.7 Å². The topological polar surface area (TPSA) is 57.9 Å². The fourth-order valence-electron chi connectivity index (χ4n) is 1.26. The number of hydrogen-bond donors (Lipinski definition) is 0. The molecule has 0 N–H and O–H groups in total. The SMILES string of the molecule is N#Cc1cc(C=O)c(C(=O)Cl)c(C(F)(F)F)c1. The monoisotopic (exact) mass is 261 g/mol. The zero-order valence-corrected chi connectivity index (χ0v) is 8.76. The predicted octanol–water partition coefficient (Wildman–Crippen LogP) is 2.77. The summed E-state index contributed by atoms with van der Waals surface area (Å²) in [7, 11) is 0. The van der Waals surface area contributed by atoms with Crippen molar-refractivity contribution in [3.05, 3.63) is 34.4 Å². The van der Waals surface area contributed by atoms with Crippen molar-refractivity contribution in [3.8, 4) is 6.07 Å². The Balaban J connectivity index is 3.72. The van der Waals surface area contributed by atoms with Crippen LogP contribution >= 0.6 is 11.6 Å². The summed E-state index contributed by atoms with van der Waals surface area (Å²) in [5.41, 5.74) is -3.26. The third-order valence-electron chi connectivity index (χ3n) is 1.93. The number of nitrogens with zero attached hydrogens (tertiary/aromatic N) is 1. The molecule has 0 spiro atoms. The van der Waals surface area contributed by atoms with Crippen molar-refractivity contribution in [1.29, 1.82) is 5.26 Å². The molecule has 88 valence electrons. The molecule has 1 aromatic carbocycles. The zero-order chi connectivity index (χ0) is 13.2. The summed E-state index contributed by atoms with van der Waals surface area (Å²) in [5.74, 6) is 0. The summed E-state index contributed by atoms with van der Waals surface area (Å²) >= 11 is 5.01. The van der Waals surface area contributed by atoms with Crippen molar-refractivity contribution in [2.45, 2.75) is 6.18 Å². The van der Waals surface area contributed by atoms with E-state index in [1.165, 1.54) is 6.07 Å². The van der Waals surface area contributed by atoms with Gasteiger partial charge in [0.2, 0.25) is 0 Å². The maximum absolute atomic E-state index is 12.6. The molecule has 0 aliphatic rings. The average Bonchev–Trinajstić information content (AvgIpc) is 2.25. The highest BCUT2D eigenvalue weighted by atomic mass is 35.5. The van der Waals surface area contributed by atoms with Crippen molar-refractivity contribution in [3.63, 3.8) is 0 Å². The summed E-state index contributed by atoms with van der Waals surface area (Å²) in [6, 6.07) is 2.81. The van der Waals surface area contributed by atoms with Crippen molar-refractivity contribution in [2.24, 2.45) is 0 Å². The Morgan fingerprint density at radius 1 is 1.41 bits per heavy atom. The Labute approximate surface area is 98.4 Å². The van der Waals surface area contributed by atoms with Gasteiger partial charge in [0.15, 0.2) is 6.29 Å². The maximum Gasteiger partial charge on any atom is 0.417 e. The normalized spacial score (nSPS) is 10.8. The van der Waals surface area contributed by atoms with Crippen molar-refractivity contribution in [2.75, 3.05) is 0 Å². The van der Waals surface area contributed by atoms with E-state index in [4.69, 9.17) is 16.9 Å². The number of carbonyl (C=O) groups is 2.